The van der Waals surface area contributed by atoms with Gasteiger partial charge in [-0.2, -0.15) is 0 Å². The van der Waals surface area contributed by atoms with E-state index in [0.29, 0.717) is 6.21 Å². The largest absolute Gasteiger partial charge is 0.501 e. The third-order valence-corrected chi connectivity index (χ3v) is 1.36. The number of aliphatic hydroxyl groups excluding tert-OH is 1. The highest BCUT2D eigenvalue weighted by Crippen LogP contribution is 2.04. The van der Waals surface area contributed by atoms with Gasteiger partial charge in [0, 0.05) is 6.21 Å². The highest BCUT2D eigenvalue weighted by atomic mass is 16.5. The molecule has 0 aromatic heterocycles. The molecule has 2 N–H and O–H groups in total. The first-order chi connectivity index (χ1) is 7.08. The third kappa shape index (κ3) is 3.80. The van der Waals surface area contributed by atoms with Crippen LogP contribution in [0.3, 0.4) is 0 Å². The number of nitrogens with one attached hydrogen (secondary N) is 1. The molecule has 0 fully saturated rings. The maximum atomic E-state index is 11.1. The van der Waals surface area contributed by atoms with Crippen molar-refractivity contribution in [3.63, 3.8) is 0 Å². The van der Waals surface area contributed by atoms with Crippen LogP contribution in [0.2, 0.25) is 0 Å². The fraction of sp³-hybridized carbons (Fsp3) is 0.444. The molecule has 0 rings (SSSR count). The maximum absolute atomic E-state index is 11.1. The van der Waals surface area contributed by atoms with E-state index in [1.165, 1.54) is 0 Å². The molecular weight excluding hydrogens is 202 g/mol. The van der Waals surface area contributed by atoms with Gasteiger partial charge in [0.25, 0.3) is 0 Å². The average molecular weight is 215 g/mol. The van der Waals surface area contributed by atoms with E-state index < -0.39 is 23.3 Å². The van der Waals surface area contributed by atoms with Crippen molar-refractivity contribution in [1.82, 2.24) is 0 Å². The number of esters is 2. The highest BCUT2D eigenvalue weighted by molar-refractivity contribution is 6.13. The Morgan fingerprint density at radius 1 is 1.20 bits per heavy atom. The summed E-state index contributed by atoms with van der Waals surface area (Å²) in [7, 11) is 0. The smallest absolute Gasteiger partial charge is 0.374 e. The molecule has 0 bridgehead atoms. The van der Waals surface area contributed by atoms with Crippen molar-refractivity contribution in [2.75, 3.05) is 13.2 Å². The van der Waals surface area contributed by atoms with Crippen LogP contribution >= 0.6 is 0 Å². The Bertz CT molecular complexity index is 295. The van der Waals surface area contributed by atoms with Crippen molar-refractivity contribution >= 4 is 18.2 Å². The Kier molecular flexibility index (Phi) is 5.77. The molecule has 0 aliphatic carbocycles. The quantitative estimate of drug-likeness (QED) is 0.302. The van der Waals surface area contributed by atoms with Crippen LogP contribution in [0, 0.1) is 5.41 Å². The van der Waals surface area contributed by atoms with Gasteiger partial charge < -0.3 is 20.0 Å². The first-order valence-corrected chi connectivity index (χ1v) is 4.36. The summed E-state index contributed by atoms with van der Waals surface area (Å²) in [6.07, 6.45) is 0.546. The summed E-state index contributed by atoms with van der Waals surface area (Å²) in [6, 6.07) is 0. The molecule has 0 radical (unpaired) electrons. The Morgan fingerprint density at radius 2 is 1.67 bits per heavy atom. The van der Waals surface area contributed by atoms with Gasteiger partial charge in [-0.15, -0.1) is 0 Å². The Labute approximate surface area is 87.0 Å². The first-order valence-electron chi connectivity index (χ1n) is 4.36. The number of hydrogen-bond donors (Lipinski definition) is 2. The van der Waals surface area contributed by atoms with Gasteiger partial charge in [-0.1, -0.05) is 0 Å². The monoisotopic (exact) mass is 215 g/mol. The summed E-state index contributed by atoms with van der Waals surface area (Å²) in [5, 5.41) is 16.1. The van der Waals surface area contributed by atoms with Gasteiger partial charge in [0.05, 0.1) is 13.2 Å². The lowest BCUT2D eigenvalue weighted by atomic mass is 10.2. The van der Waals surface area contributed by atoms with Crippen LogP contribution in [0.25, 0.3) is 0 Å². The van der Waals surface area contributed by atoms with Crippen LogP contribution in [0.15, 0.2) is 11.3 Å². The lowest BCUT2D eigenvalue weighted by Gasteiger charge is -2.04. The predicted molar refractivity (Wildman–Crippen MR) is 51.7 cm³/mol. The fourth-order valence-corrected chi connectivity index (χ4v) is 0.742. The van der Waals surface area contributed by atoms with Gasteiger partial charge in [-0.25, -0.2) is 9.59 Å². The number of ether oxygens (including phenoxy) is 2. The molecule has 0 saturated carbocycles. The molecule has 0 saturated heterocycles. The molecule has 0 unspecified atom stereocenters. The van der Waals surface area contributed by atoms with Gasteiger partial charge in [0.15, 0.2) is 0 Å². The molecule has 0 aliphatic heterocycles. The zero-order valence-corrected chi connectivity index (χ0v) is 8.57. The molecule has 0 atom stereocenters. The second-order valence-electron chi connectivity index (χ2n) is 2.35. The van der Waals surface area contributed by atoms with E-state index in [9.17, 15) is 14.7 Å². The van der Waals surface area contributed by atoms with Crippen molar-refractivity contribution in [2.24, 2.45) is 0 Å². The molecule has 0 aliphatic rings. The molecular formula is C9H13NO5. The summed E-state index contributed by atoms with van der Waals surface area (Å²) >= 11 is 0. The lowest BCUT2D eigenvalue weighted by molar-refractivity contribution is -0.143. The van der Waals surface area contributed by atoms with Gasteiger partial charge >= 0.3 is 11.9 Å². The summed E-state index contributed by atoms with van der Waals surface area (Å²) in [5.41, 5.74) is -0.518. The molecule has 15 heavy (non-hydrogen) atoms. The number of aliphatic hydroxyl groups is 1. The summed E-state index contributed by atoms with van der Waals surface area (Å²) in [6.45, 7) is 3.28. The summed E-state index contributed by atoms with van der Waals surface area (Å²) in [4.78, 5) is 22.1. The zero-order chi connectivity index (χ0) is 11.8. The van der Waals surface area contributed by atoms with Crippen molar-refractivity contribution in [3.8, 4) is 0 Å². The first kappa shape index (κ1) is 13.2. The standard InChI is InChI=1S/C9H13NO5/c1-3-14-8(12)6(5-10)7(11)9(13)15-4-2/h5,10-11H,3-4H2,1-2H3/b7-6-,10-5?. The van der Waals surface area contributed by atoms with Gasteiger partial charge in [0.1, 0.15) is 5.57 Å². The molecule has 0 heterocycles. The van der Waals surface area contributed by atoms with Crippen molar-refractivity contribution in [3.05, 3.63) is 11.3 Å². The molecule has 6 heteroatoms. The van der Waals surface area contributed by atoms with E-state index in [4.69, 9.17) is 5.41 Å². The van der Waals surface area contributed by atoms with Gasteiger partial charge in [-0.3, -0.25) is 0 Å². The summed E-state index contributed by atoms with van der Waals surface area (Å²) in [5.74, 6) is -2.90. The van der Waals surface area contributed by atoms with Crippen LogP contribution in [-0.2, 0) is 19.1 Å². The predicted octanol–water partition coefficient (Wildman–Crippen LogP) is 0.574. The number of carbonyl (C=O) groups excluding carboxylic acids is 2. The number of carbonyl (C=O) groups is 2. The van der Waals surface area contributed by atoms with Gasteiger partial charge in [0.2, 0.25) is 5.76 Å². The highest BCUT2D eigenvalue weighted by Gasteiger charge is 2.20. The minimum Gasteiger partial charge on any atom is -0.501 e. The van der Waals surface area contributed by atoms with E-state index in [1.54, 1.807) is 13.8 Å². The second kappa shape index (κ2) is 6.58. The van der Waals surface area contributed by atoms with E-state index in [0.717, 1.165) is 0 Å². The Hall–Kier alpha value is -1.85. The molecule has 0 aromatic carbocycles. The van der Waals surface area contributed by atoms with E-state index in [2.05, 4.69) is 9.47 Å². The van der Waals surface area contributed by atoms with Crippen LogP contribution in [0.5, 0.6) is 0 Å². The van der Waals surface area contributed by atoms with Crippen LogP contribution in [0.1, 0.15) is 13.8 Å². The van der Waals surface area contributed by atoms with E-state index >= 15 is 0 Å². The molecule has 6 nitrogen and oxygen atoms in total. The fourth-order valence-electron chi connectivity index (χ4n) is 0.742. The molecule has 0 spiro atoms. The summed E-state index contributed by atoms with van der Waals surface area (Å²) < 4.78 is 8.99. The van der Waals surface area contributed by atoms with Gasteiger partial charge in [-0.05, 0) is 13.8 Å². The van der Waals surface area contributed by atoms with E-state index in [1.807, 2.05) is 0 Å². The topological polar surface area (TPSA) is 96.7 Å². The normalized spacial score (nSPS) is 11.3. The van der Waals surface area contributed by atoms with Crippen LogP contribution < -0.4 is 0 Å². The van der Waals surface area contributed by atoms with Crippen LogP contribution in [-0.4, -0.2) is 36.5 Å². The Balaban J connectivity index is 4.88. The van der Waals surface area contributed by atoms with Crippen LogP contribution in [0.4, 0.5) is 0 Å². The maximum Gasteiger partial charge on any atom is 0.374 e. The SMILES string of the molecule is CCOC(=O)/C(O)=C(\C=N)C(=O)OCC. The minimum atomic E-state index is -1.05. The second-order valence-corrected chi connectivity index (χ2v) is 2.35. The number of hydrogen-bond acceptors (Lipinski definition) is 6. The minimum absolute atomic E-state index is 0.0665. The average Bonchev–Trinajstić information content (AvgIpc) is 2.19. The van der Waals surface area contributed by atoms with E-state index in [-0.39, 0.29) is 13.2 Å². The molecule has 0 aromatic rings. The van der Waals surface area contributed by atoms with Crippen molar-refractivity contribution in [1.29, 1.82) is 5.41 Å². The zero-order valence-electron chi connectivity index (χ0n) is 8.57. The lowest BCUT2D eigenvalue weighted by Crippen LogP contribution is -2.17. The molecule has 0 amide bonds. The van der Waals surface area contributed by atoms with Crippen molar-refractivity contribution in [2.45, 2.75) is 13.8 Å². The Morgan fingerprint density at radius 3 is 2.07 bits per heavy atom. The molecule has 84 valence electrons. The third-order valence-electron chi connectivity index (χ3n) is 1.36. The number of rotatable bonds is 5. The van der Waals surface area contributed by atoms with Crippen molar-refractivity contribution < 1.29 is 24.2 Å².